The molecule has 5 atom stereocenters. The van der Waals surface area contributed by atoms with Gasteiger partial charge in [0.05, 0.1) is 26.4 Å². The van der Waals surface area contributed by atoms with Gasteiger partial charge in [-0.2, -0.15) is 0 Å². The summed E-state index contributed by atoms with van der Waals surface area (Å²) in [4.78, 5) is 72.0. The molecule has 0 spiro atoms. The molecule has 3 N–H and O–H groups in total. The first-order valence-corrected chi connectivity index (χ1v) is 37.0. The fourth-order valence-corrected chi connectivity index (χ4v) is 11.3. The lowest BCUT2D eigenvalue weighted by molar-refractivity contribution is -0.161. The van der Waals surface area contributed by atoms with Gasteiger partial charge in [-0.3, -0.25) is 37.3 Å². The Labute approximate surface area is 511 Å². The summed E-state index contributed by atoms with van der Waals surface area (Å²) >= 11 is 0. The van der Waals surface area contributed by atoms with Crippen LogP contribution >= 0.6 is 15.6 Å². The molecule has 0 aromatic carbocycles. The minimum atomic E-state index is -4.94. The smallest absolute Gasteiger partial charge is 0.462 e. The summed E-state index contributed by atoms with van der Waals surface area (Å²) < 4.78 is 67.9. The van der Waals surface area contributed by atoms with Crippen molar-refractivity contribution in [3.05, 3.63) is 0 Å². The zero-order valence-corrected chi connectivity index (χ0v) is 56.0. The van der Waals surface area contributed by atoms with Crippen molar-refractivity contribution in [3.63, 3.8) is 0 Å². The first kappa shape index (κ1) is 82.1. The molecule has 0 rings (SSSR count). The van der Waals surface area contributed by atoms with Crippen LogP contribution in [0.3, 0.4) is 0 Å². The Morgan fingerprint density at radius 1 is 0.321 bits per heavy atom. The second-order valence-electron chi connectivity index (χ2n) is 24.5. The highest BCUT2D eigenvalue weighted by Gasteiger charge is 2.30. The van der Waals surface area contributed by atoms with Gasteiger partial charge >= 0.3 is 39.5 Å². The maximum absolute atomic E-state index is 13.0. The molecule has 0 saturated heterocycles. The summed E-state index contributed by atoms with van der Waals surface area (Å²) in [6, 6.07) is 0. The van der Waals surface area contributed by atoms with Gasteiger partial charge < -0.3 is 33.8 Å². The van der Waals surface area contributed by atoms with Crippen LogP contribution in [0.1, 0.15) is 324 Å². The maximum atomic E-state index is 13.0. The highest BCUT2D eigenvalue weighted by molar-refractivity contribution is 7.47. The van der Waals surface area contributed by atoms with Crippen LogP contribution in [0, 0.1) is 11.8 Å². The van der Waals surface area contributed by atoms with E-state index in [-0.39, 0.29) is 25.7 Å². The van der Waals surface area contributed by atoms with Crippen LogP contribution in [0.4, 0.5) is 0 Å². The number of carbonyl (C=O) groups excluding carboxylic acids is 4. The number of unbranched alkanes of at least 4 members (excludes halogenated alkanes) is 34. The van der Waals surface area contributed by atoms with Crippen molar-refractivity contribution in [3.8, 4) is 0 Å². The van der Waals surface area contributed by atoms with Crippen molar-refractivity contribution in [2.75, 3.05) is 39.6 Å². The Morgan fingerprint density at radius 3 is 0.810 bits per heavy atom. The summed E-state index contributed by atoms with van der Waals surface area (Å²) in [6.45, 7) is 9.39. The zero-order valence-electron chi connectivity index (χ0n) is 54.2. The predicted octanol–water partition coefficient (Wildman–Crippen LogP) is 18.0. The molecule has 17 nitrogen and oxygen atoms in total. The number of hydrogen-bond donors (Lipinski definition) is 3. The minimum absolute atomic E-state index is 0.105. The lowest BCUT2D eigenvalue weighted by Crippen LogP contribution is -2.30. The van der Waals surface area contributed by atoms with Crippen molar-refractivity contribution in [2.24, 2.45) is 11.8 Å². The molecule has 0 bridgehead atoms. The number of rotatable bonds is 64. The summed E-state index contributed by atoms with van der Waals surface area (Å²) in [5.74, 6) is -0.651. The third kappa shape index (κ3) is 59.0. The first-order chi connectivity index (χ1) is 40.4. The van der Waals surface area contributed by atoms with Crippen molar-refractivity contribution >= 4 is 39.5 Å². The molecule has 84 heavy (non-hydrogen) atoms. The van der Waals surface area contributed by atoms with E-state index in [2.05, 4.69) is 41.5 Å². The summed E-state index contributed by atoms with van der Waals surface area (Å²) in [7, 11) is -9.88. The second-order valence-corrected chi connectivity index (χ2v) is 27.4. The lowest BCUT2D eigenvalue weighted by atomic mass is 10.0. The molecular weight excluding hydrogens is 1110 g/mol. The molecule has 19 heteroatoms. The maximum Gasteiger partial charge on any atom is 0.472 e. The van der Waals surface area contributed by atoms with Crippen LogP contribution in [0.25, 0.3) is 0 Å². The Kier molecular flexibility index (Phi) is 56.2. The van der Waals surface area contributed by atoms with E-state index in [0.29, 0.717) is 31.6 Å². The lowest BCUT2D eigenvalue weighted by Gasteiger charge is -2.21. The number of ether oxygens (including phenoxy) is 4. The van der Waals surface area contributed by atoms with Gasteiger partial charge in [-0.05, 0) is 37.5 Å². The van der Waals surface area contributed by atoms with Crippen LogP contribution in [-0.2, 0) is 65.4 Å². The highest BCUT2D eigenvalue weighted by Crippen LogP contribution is 2.45. The number of phosphoric ester groups is 2. The third-order valence-electron chi connectivity index (χ3n) is 15.0. The van der Waals surface area contributed by atoms with E-state index in [9.17, 15) is 43.2 Å². The van der Waals surface area contributed by atoms with Gasteiger partial charge in [-0.1, -0.05) is 273 Å². The Bertz CT molecular complexity index is 1650. The molecular formula is C65H126O17P2. The van der Waals surface area contributed by atoms with E-state index in [0.717, 1.165) is 115 Å². The molecule has 0 aliphatic heterocycles. The summed E-state index contributed by atoms with van der Waals surface area (Å²) in [5.41, 5.74) is 0. The summed E-state index contributed by atoms with van der Waals surface area (Å²) in [6.07, 6.45) is 40.7. The number of hydrogen-bond acceptors (Lipinski definition) is 15. The fraction of sp³-hybridized carbons (Fsp3) is 0.938. The van der Waals surface area contributed by atoms with E-state index in [1.54, 1.807) is 0 Å². The van der Waals surface area contributed by atoms with Crippen molar-refractivity contribution in [1.29, 1.82) is 0 Å². The van der Waals surface area contributed by atoms with Gasteiger partial charge in [0.15, 0.2) is 12.2 Å². The van der Waals surface area contributed by atoms with E-state index in [1.807, 2.05) is 0 Å². The molecule has 0 aliphatic rings. The van der Waals surface area contributed by atoms with Crippen molar-refractivity contribution in [2.45, 2.75) is 342 Å². The van der Waals surface area contributed by atoms with Gasteiger partial charge in [0, 0.05) is 25.7 Å². The predicted molar refractivity (Wildman–Crippen MR) is 335 cm³/mol. The van der Waals surface area contributed by atoms with Crippen molar-refractivity contribution in [1.82, 2.24) is 0 Å². The van der Waals surface area contributed by atoms with E-state index in [1.165, 1.54) is 122 Å². The zero-order chi connectivity index (χ0) is 62.2. The summed E-state index contributed by atoms with van der Waals surface area (Å²) in [5, 5.41) is 10.5. The van der Waals surface area contributed by atoms with Crippen molar-refractivity contribution < 1.29 is 80.2 Å². The quantitative estimate of drug-likeness (QED) is 0.0222. The largest absolute Gasteiger partial charge is 0.472 e. The van der Waals surface area contributed by atoms with Gasteiger partial charge in [-0.15, -0.1) is 0 Å². The highest BCUT2D eigenvalue weighted by atomic mass is 31.2. The molecule has 0 saturated carbocycles. The normalized spacial score (nSPS) is 14.3. The molecule has 0 heterocycles. The Hall–Kier alpha value is -1.94. The van der Waals surface area contributed by atoms with E-state index < -0.39 is 97.5 Å². The number of aliphatic hydroxyl groups excluding tert-OH is 1. The number of aliphatic hydroxyl groups is 1. The van der Waals surface area contributed by atoms with Crippen LogP contribution in [0.5, 0.6) is 0 Å². The number of esters is 4. The molecule has 0 radical (unpaired) electrons. The molecule has 0 amide bonds. The Morgan fingerprint density at radius 2 is 0.548 bits per heavy atom. The molecule has 0 aliphatic carbocycles. The van der Waals surface area contributed by atoms with E-state index >= 15 is 0 Å². The van der Waals surface area contributed by atoms with E-state index in [4.69, 9.17) is 37.0 Å². The standard InChI is InChI=1S/C65H126O17P2/c1-7-9-11-13-15-24-29-37-43-49-64(69)81-60(53-75-62(67)47-41-35-27-14-12-10-8-2)55-79-83(71,72)77-51-59(66)52-78-84(73,74)80-56-61(54-76-63(68)48-42-36-32-31-34-40-46-58(5)6)82-65(70)50-44-38-30-26-23-21-19-17-16-18-20-22-25-28-33-39-45-57(3)4/h57-61,66H,7-56H2,1-6H3,(H,71,72)(H,73,74)/t59-,60+,61+/m0/s1. The number of phosphoric acid groups is 2. The fourth-order valence-electron chi connectivity index (χ4n) is 9.71. The monoisotopic (exact) mass is 1240 g/mol. The molecule has 2 unspecified atom stereocenters. The topological polar surface area (TPSA) is 237 Å². The van der Waals surface area contributed by atoms with Gasteiger partial charge in [-0.25, -0.2) is 9.13 Å². The molecule has 498 valence electrons. The van der Waals surface area contributed by atoms with Gasteiger partial charge in [0.25, 0.3) is 0 Å². The molecule has 0 aromatic rings. The van der Waals surface area contributed by atoms with Crippen LogP contribution in [0.2, 0.25) is 0 Å². The van der Waals surface area contributed by atoms with Crippen LogP contribution < -0.4 is 0 Å². The average Bonchev–Trinajstić information content (AvgIpc) is 3.51. The second kappa shape index (κ2) is 57.5. The molecule has 0 fully saturated rings. The number of carbonyl (C=O) groups is 4. The van der Waals surface area contributed by atoms with Crippen LogP contribution in [0.15, 0.2) is 0 Å². The SMILES string of the molecule is CCCCCCCCCCCC(=O)O[C@H](COC(=O)CCCCCCCCC)COP(=O)(O)OC[C@H](O)COP(=O)(O)OC[C@@H](COC(=O)CCCCCCCCC(C)C)OC(=O)CCCCCCCCCCCCCCCCCCC(C)C. The Balaban J connectivity index is 5.13. The average molecular weight is 1240 g/mol. The first-order valence-electron chi connectivity index (χ1n) is 34.0. The van der Waals surface area contributed by atoms with Gasteiger partial charge in [0.1, 0.15) is 19.3 Å². The third-order valence-corrected chi connectivity index (χ3v) is 16.9. The minimum Gasteiger partial charge on any atom is -0.462 e. The molecule has 0 aromatic heterocycles. The van der Waals surface area contributed by atoms with Gasteiger partial charge in [0.2, 0.25) is 0 Å². The van der Waals surface area contributed by atoms with Crippen LogP contribution in [-0.4, -0.2) is 96.7 Å².